The quantitative estimate of drug-likeness (QED) is 0.291. The highest BCUT2D eigenvalue weighted by Crippen LogP contribution is 2.23. The van der Waals surface area contributed by atoms with E-state index in [1.165, 1.54) is 0 Å². The molecule has 0 aliphatic rings. The molecule has 2 rings (SSSR count). The molecular formula is C26H34O6. The first-order chi connectivity index (χ1) is 14.8. The number of hydrogen-bond acceptors (Lipinski definition) is 6. The van der Waals surface area contributed by atoms with Crippen LogP contribution in [0.3, 0.4) is 0 Å². The molecule has 0 aliphatic heterocycles. The first kappa shape index (κ1) is 25.6. The summed E-state index contributed by atoms with van der Waals surface area (Å²) in [6.45, 7) is 16.1. The lowest BCUT2D eigenvalue weighted by molar-refractivity contribution is -0.430. The Hall–Kier alpha value is -2.70. The fourth-order valence-corrected chi connectivity index (χ4v) is 2.73. The molecule has 0 N–H and O–H groups in total. The third kappa shape index (κ3) is 7.18. The van der Waals surface area contributed by atoms with Crippen molar-refractivity contribution in [2.24, 2.45) is 5.92 Å². The molecular weight excluding hydrogens is 408 g/mol. The average molecular weight is 443 g/mol. The van der Waals surface area contributed by atoms with Crippen LogP contribution in [0.2, 0.25) is 0 Å². The summed E-state index contributed by atoms with van der Waals surface area (Å²) in [4.78, 5) is 44.7. The summed E-state index contributed by atoms with van der Waals surface area (Å²) in [7, 11) is 0. The monoisotopic (exact) mass is 442 g/mol. The fourth-order valence-electron chi connectivity index (χ4n) is 2.73. The molecule has 0 saturated carbocycles. The molecule has 0 bridgehead atoms. The summed E-state index contributed by atoms with van der Waals surface area (Å²) < 4.78 is 0. The molecule has 6 heteroatoms. The Balaban J connectivity index is 1.92. The van der Waals surface area contributed by atoms with E-state index in [1.54, 1.807) is 38.1 Å². The van der Waals surface area contributed by atoms with Gasteiger partial charge in [-0.3, -0.25) is 9.78 Å². The van der Waals surface area contributed by atoms with Crippen molar-refractivity contribution in [3.63, 3.8) is 0 Å². The lowest BCUT2D eigenvalue weighted by atomic mass is 9.87. The molecule has 2 aromatic carbocycles. The van der Waals surface area contributed by atoms with Crippen LogP contribution in [-0.2, 0) is 30.4 Å². The molecule has 2 aromatic rings. The van der Waals surface area contributed by atoms with Crippen molar-refractivity contribution in [3.05, 3.63) is 70.8 Å². The summed E-state index contributed by atoms with van der Waals surface area (Å²) in [5.74, 6) is -1.57. The van der Waals surface area contributed by atoms with Crippen molar-refractivity contribution in [1.82, 2.24) is 0 Å². The molecule has 0 heterocycles. The topological polar surface area (TPSA) is 71.1 Å². The lowest BCUT2D eigenvalue weighted by Crippen LogP contribution is -2.27. The van der Waals surface area contributed by atoms with Crippen LogP contribution in [0.25, 0.3) is 0 Å². The number of hydrogen-bond donors (Lipinski definition) is 0. The predicted molar refractivity (Wildman–Crippen MR) is 122 cm³/mol. The second-order valence-electron chi connectivity index (χ2n) is 10.2. The van der Waals surface area contributed by atoms with Crippen molar-refractivity contribution >= 4 is 11.9 Å². The predicted octanol–water partition coefficient (Wildman–Crippen LogP) is 6.14. The number of rotatable bonds is 7. The maximum absolute atomic E-state index is 12.3. The van der Waals surface area contributed by atoms with E-state index in [9.17, 15) is 9.59 Å². The zero-order chi connectivity index (χ0) is 24.1. The summed E-state index contributed by atoms with van der Waals surface area (Å²) in [6.07, 6.45) is -1.08. The van der Waals surface area contributed by atoms with E-state index in [1.807, 2.05) is 24.3 Å². The summed E-state index contributed by atoms with van der Waals surface area (Å²) in [6, 6.07) is 14.2. The molecule has 0 spiro atoms. The Morgan fingerprint density at radius 1 is 0.625 bits per heavy atom. The molecule has 0 atom stereocenters. The van der Waals surface area contributed by atoms with E-state index in [0.717, 1.165) is 11.1 Å². The van der Waals surface area contributed by atoms with Crippen molar-refractivity contribution in [2.75, 3.05) is 0 Å². The highest BCUT2D eigenvalue weighted by atomic mass is 17.3. The van der Waals surface area contributed by atoms with Gasteiger partial charge >= 0.3 is 11.9 Å². The third-order valence-corrected chi connectivity index (χ3v) is 4.95. The van der Waals surface area contributed by atoms with Gasteiger partial charge in [0.05, 0.1) is 11.1 Å². The molecule has 0 aliphatic carbocycles. The minimum absolute atomic E-state index is 0.0214. The van der Waals surface area contributed by atoms with E-state index in [-0.39, 0.29) is 16.7 Å². The molecule has 0 aromatic heterocycles. The van der Waals surface area contributed by atoms with Gasteiger partial charge in [0.25, 0.3) is 0 Å². The number of carbonyl (C=O) groups excluding carboxylic acids is 2. The van der Waals surface area contributed by atoms with Gasteiger partial charge in [0, 0.05) is 5.92 Å². The standard InChI is InChI=1S/C26H34O6/c1-17(2)24(31-29-22(27)18-9-13-20(14-10-18)25(3,4)5)32-30-23(28)19-11-15-21(16-12-19)26(6,7)8/h9-17,24H,1-8H3. The molecule has 0 amide bonds. The first-order valence-electron chi connectivity index (χ1n) is 10.8. The Bertz CT molecular complexity index is 826. The summed E-state index contributed by atoms with van der Waals surface area (Å²) in [5.41, 5.74) is 2.84. The number of carbonyl (C=O) groups is 2. The van der Waals surface area contributed by atoms with Gasteiger partial charge in [-0.15, -0.1) is 9.78 Å². The van der Waals surface area contributed by atoms with Crippen LogP contribution in [0.5, 0.6) is 0 Å². The maximum Gasteiger partial charge on any atom is 0.373 e. The molecule has 6 nitrogen and oxygen atoms in total. The van der Waals surface area contributed by atoms with Crippen LogP contribution in [0, 0.1) is 5.92 Å². The maximum atomic E-state index is 12.3. The smallest absolute Gasteiger partial charge is 0.290 e. The normalized spacial score (nSPS) is 12.2. The lowest BCUT2D eigenvalue weighted by Gasteiger charge is -2.20. The Morgan fingerprint density at radius 2 is 0.938 bits per heavy atom. The highest BCUT2D eigenvalue weighted by molar-refractivity contribution is 5.89. The van der Waals surface area contributed by atoms with Crippen LogP contribution in [-0.4, -0.2) is 18.2 Å². The molecule has 0 radical (unpaired) electrons. The van der Waals surface area contributed by atoms with Gasteiger partial charge < -0.3 is 0 Å². The Morgan fingerprint density at radius 3 is 1.19 bits per heavy atom. The SMILES string of the molecule is CC(C)C(OOC(=O)c1ccc(C(C)(C)C)cc1)OOC(=O)c1ccc(C(C)(C)C)cc1. The van der Waals surface area contributed by atoms with E-state index in [0.29, 0.717) is 11.1 Å². The summed E-state index contributed by atoms with van der Waals surface area (Å²) >= 11 is 0. The second kappa shape index (κ2) is 10.3. The summed E-state index contributed by atoms with van der Waals surface area (Å²) in [5, 5.41) is 0. The first-order valence-corrected chi connectivity index (χ1v) is 10.8. The Kier molecular flexibility index (Phi) is 8.21. The fraction of sp³-hybridized carbons (Fsp3) is 0.462. The van der Waals surface area contributed by atoms with Crippen LogP contribution < -0.4 is 0 Å². The highest BCUT2D eigenvalue weighted by Gasteiger charge is 2.23. The van der Waals surface area contributed by atoms with Crippen LogP contribution in [0.1, 0.15) is 87.2 Å². The van der Waals surface area contributed by atoms with Gasteiger partial charge in [-0.2, -0.15) is 0 Å². The molecule has 32 heavy (non-hydrogen) atoms. The van der Waals surface area contributed by atoms with E-state index in [4.69, 9.17) is 19.6 Å². The van der Waals surface area contributed by atoms with E-state index >= 15 is 0 Å². The van der Waals surface area contributed by atoms with Crippen molar-refractivity contribution in [2.45, 2.75) is 72.5 Å². The van der Waals surface area contributed by atoms with Crippen molar-refractivity contribution < 1.29 is 29.1 Å². The van der Waals surface area contributed by atoms with Gasteiger partial charge in [0.15, 0.2) is 0 Å². The third-order valence-electron chi connectivity index (χ3n) is 4.95. The molecule has 174 valence electrons. The van der Waals surface area contributed by atoms with Gasteiger partial charge in [-0.25, -0.2) is 9.59 Å². The Labute approximate surface area is 190 Å². The minimum atomic E-state index is -1.08. The molecule has 0 unspecified atom stereocenters. The average Bonchev–Trinajstić information content (AvgIpc) is 2.72. The van der Waals surface area contributed by atoms with Crippen LogP contribution >= 0.6 is 0 Å². The zero-order valence-electron chi connectivity index (χ0n) is 20.2. The van der Waals surface area contributed by atoms with Gasteiger partial charge in [-0.1, -0.05) is 79.7 Å². The van der Waals surface area contributed by atoms with Crippen molar-refractivity contribution in [1.29, 1.82) is 0 Å². The largest absolute Gasteiger partial charge is 0.373 e. The van der Waals surface area contributed by atoms with Crippen molar-refractivity contribution in [3.8, 4) is 0 Å². The second-order valence-corrected chi connectivity index (χ2v) is 10.2. The van der Waals surface area contributed by atoms with E-state index < -0.39 is 18.2 Å². The minimum Gasteiger partial charge on any atom is -0.290 e. The number of benzene rings is 2. The van der Waals surface area contributed by atoms with E-state index in [2.05, 4.69) is 41.5 Å². The zero-order valence-corrected chi connectivity index (χ0v) is 20.2. The van der Waals surface area contributed by atoms with Gasteiger partial charge in [-0.05, 0) is 46.2 Å². The van der Waals surface area contributed by atoms with Gasteiger partial charge in [0.2, 0.25) is 6.29 Å². The van der Waals surface area contributed by atoms with Crippen LogP contribution in [0.15, 0.2) is 48.5 Å². The van der Waals surface area contributed by atoms with Crippen LogP contribution in [0.4, 0.5) is 0 Å². The van der Waals surface area contributed by atoms with Gasteiger partial charge in [0.1, 0.15) is 0 Å². The molecule has 0 saturated heterocycles. The molecule has 0 fully saturated rings.